The maximum Gasteiger partial charge on any atom is 0.251 e. The largest absolute Gasteiger partial charge is 0.381 e. The summed E-state index contributed by atoms with van der Waals surface area (Å²) in [7, 11) is 2.14. The molecule has 1 aliphatic rings. The number of nitrogen functional groups attached to an aromatic ring is 1. The van der Waals surface area contributed by atoms with E-state index in [1.807, 2.05) is 12.1 Å². The summed E-state index contributed by atoms with van der Waals surface area (Å²) in [4.78, 5) is 24.8. The highest BCUT2D eigenvalue weighted by Gasteiger charge is 2.15. The van der Waals surface area contributed by atoms with Crippen LogP contribution in [0, 0.1) is 0 Å². The molecule has 144 valence electrons. The molecule has 4 rings (SSSR count). The predicted molar refractivity (Wildman–Crippen MR) is 107 cm³/mol. The lowest BCUT2D eigenvalue weighted by molar-refractivity contribution is 0.100. The summed E-state index contributed by atoms with van der Waals surface area (Å²) >= 11 is 0. The first-order chi connectivity index (χ1) is 13.5. The van der Waals surface area contributed by atoms with Crippen molar-refractivity contribution in [2.45, 2.75) is 0 Å². The highest BCUT2D eigenvalue weighted by molar-refractivity contribution is 5.92. The first kappa shape index (κ1) is 17.9. The first-order valence-electron chi connectivity index (χ1n) is 9.02. The molecule has 1 amide bonds. The molecule has 0 spiro atoms. The summed E-state index contributed by atoms with van der Waals surface area (Å²) < 4.78 is 1.41. The van der Waals surface area contributed by atoms with Gasteiger partial charge in [0.1, 0.15) is 0 Å². The van der Waals surface area contributed by atoms with Crippen LogP contribution >= 0.6 is 0 Å². The Kier molecular flexibility index (Phi) is 4.66. The zero-order valence-electron chi connectivity index (χ0n) is 15.6. The molecule has 1 aromatic carbocycles. The molecule has 2 aromatic heterocycles. The van der Waals surface area contributed by atoms with Crippen LogP contribution in [0.2, 0.25) is 0 Å². The van der Waals surface area contributed by atoms with E-state index in [0.717, 1.165) is 31.7 Å². The molecular formula is C19H22N8O. The summed E-state index contributed by atoms with van der Waals surface area (Å²) in [5.74, 6) is 0.0125. The Bertz CT molecular complexity index is 989. The number of amides is 1. The number of aromatic nitrogens is 4. The molecule has 0 bridgehead atoms. The second-order valence-electron chi connectivity index (χ2n) is 6.84. The van der Waals surface area contributed by atoms with Gasteiger partial charge in [-0.15, -0.1) is 0 Å². The summed E-state index contributed by atoms with van der Waals surface area (Å²) in [6.07, 6.45) is 4.49. The third-order valence-corrected chi connectivity index (χ3v) is 4.90. The van der Waals surface area contributed by atoms with E-state index in [9.17, 15) is 4.79 Å². The molecule has 0 radical (unpaired) electrons. The van der Waals surface area contributed by atoms with Crippen LogP contribution in [0.15, 0.2) is 42.9 Å². The van der Waals surface area contributed by atoms with Crippen LogP contribution in [-0.4, -0.2) is 63.8 Å². The minimum absolute atomic E-state index is 0.219. The van der Waals surface area contributed by atoms with Crippen molar-refractivity contribution in [1.82, 2.24) is 24.6 Å². The molecule has 0 saturated carbocycles. The predicted octanol–water partition coefficient (Wildman–Crippen LogP) is 0.762. The number of carbonyl (C=O) groups is 1. The van der Waals surface area contributed by atoms with Crippen molar-refractivity contribution < 1.29 is 4.79 Å². The molecule has 4 N–H and O–H groups in total. The van der Waals surface area contributed by atoms with Crippen molar-refractivity contribution in [2.24, 2.45) is 5.73 Å². The van der Waals surface area contributed by atoms with E-state index in [2.05, 4.69) is 44.0 Å². The number of anilines is 2. The quantitative estimate of drug-likeness (QED) is 0.688. The van der Waals surface area contributed by atoms with Gasteiger partial charge >= 0.3 is 0 Å². The lowest BCUT2D eigenvalue weighted by atomic mass is 10.1. The third kappa shape index (κ3) is 3.52. The zero-order chi connectivity index (χ0) is 19.7. The maximum absolute atomic E-state index is 11.3. The van der Waals surface area contributed by atoms with E-state index in [-0.39, 0.29) is 11.4 Å². The lowest BCUT2D eigenvalue weighted by Crippen LogP contribution is -2.44. The molecule has 1 fully saturated rings. The van der Waals surface area contributed by atoms with Gasteiger partial charge in [0, 0.05) is 43.6 Å². The molecule has 9 nitrogen and oxygen atoms in total. The molecule has 3 aromatic rings. The zero-order valence-corrected chi connectivity index (χ0v) is 15.6. The maximum atomic E-state index is 11.3. The van der Waals surface area contributed by atoms with Gasteiger partial charge in [-0.1, -0.05) is 12.1 Å². The van der Waals surface area contributed by atoms with Gasteiger partial charge in [0.2, 0.25) is 0 Å². The van der Waals surface area contributed by atoms with Crippen molar-refractivity contribution in [1.29, 1.82) is 0 Å². The molecule has 0 aliphatic carbocycles. The van der Waals surface area contributed by atoms with Crippen LogP contribution in [0.3, 0.4) is 0 Å². The normalized spacial score (nSPS) is 15.0. The number of hydrogen-bond donors (Lipinski definition) is 2. The van der Waals surface area contributed by atoms with Crippen molar-refractivity contribution in [3.63, 3.8) is 0 Å². The summed E-state index contributed by atoms with van der Waals surface area (Å²) in [6.45, 7) is 4.16. The van der Waals surface area contributed by atoms with Crippen LogP contribution in [0.25, 0.3) is 17.1 Å². The Morgan fingerprint density at radius 3 is 2.43 bits per heavy atom. The Morgan fingerprint density at radius 1 is 1.07 bits per heavy atom. The SMILES string of the molecule is CN1CCN(c2ccc(-c3cnc(N)c(-n4cc(C(N)=O)cn4)n3)cc2)CC1. The highest BCUT2D eigenvalue weighted by Crippen LogP contribution is 2.24. The van der Waals surface area contributed by atoms with Gasteiger partial charge in [-0.05, 0) is 19.2 Å². The fourth-order valence-corrected chi connectivity index (χ4v) is 3.17. The minimum Gasteiger partial charge on any atom is -0.381 e. The molecule has 28 heavy (non-hydrogen) atoms. The fraction of sp³-hybridized carbons (Fsp3) is 0.263. The average Bonchev–Trinajstić information content (AvgIpc) is 3.20. The number of rotatable bonds is 4. The topological polar surface area (TPSA) is 119 Å². The smallest absolute Gasteiger partial charge is 0.251 e. The van der Waals surface area contributed by atoms with E-state index in [0.29, 0.717) is 11.5 Å². The second kappa shape index (κ2) is 7.28. The number of primary amides is 1. The van der Waals surface area contributed by atoms with E-state index < -0.39 is 5.91 Å². The van der Waals surface area contributed by atoms with E-state index in [4.69, 9.17) is 11.5 Å². The Morgan fingerprint density at radius 2 is 1.79 bits per heavy atom. The van der Waals surface area contributed by atoms with Crippen molar-refractivity contribution in [3.8, 4) is 17.1 Å². The molecule has 9 heteroatoms. The number of nitrogens with zero attached hydrogens (tertiary/aromatic N) is 6. The summed E-state index contributed by atoms with van der Waals surface area (Å²) in [5.41, 5.74) is 14.3. The van der Waals surface area contributed by atoms with Crippen molar-refractivity contribution >= 4 is 17.4 Å². The fourth-order valence-electron chi connectivity index (χ4n) is 3.17. The van der Waals surface area contributed by atoms with Gasteiger partial charge in [0.05, 0.1) is 23.7 Å². The van der Waals surface area contributed by atoms with Crippen LogP contribution in [-0.2, 0) is 0 Å². The standard InChI is InChI=1S/C19H22N8O/c1-25-6-8-26(9-7-25)15-4-2-13(3-5-15)16-11-22-17(20)19(24-16)27-12-14(10-23-27)18(21)28/h2-5,10-12H,6-9H2,1H3,(H2,20,22)(H2,21,28). The Hall–Kier alpha value is -3.46. The number of piperazine rings is 1. The van der Waals surface area contributed by atoms with Crippen LogP contribution in [0.1, 0.15) is 10.4 Å². The number of likely N-dealkylation sites (N-methyl/N-ethyl adjacent to an activating group) is 1. The van der Waals surface area contributed by atoms with Gasteiger partial charge in [-0.2, -0.15) is 5.10 Å². The third-order valence-electron chi connectivity index (χ3n) is 4.90. The Labute approximate surface area is 162 Å². The van der Waals surface area contributed by atoms with Crippen molar-refractivity contribution in [2.75, 3.05) is 43.9 Å². The van der Waals surface area contributed by atoms with Gasteiger partial charge in [-0.3, -0.25) is 4.79 Å². The number of carbonyl (C=O) groups excluding carboxylic acids is 1. The van der Waals surface area contributed by atoms with Gasteiger partial charge in [0.25, 0.3) is 5.91 Å². The molecule has 3 heterocycles. The van der Waals surface area contributed by atoms with Gasteiger partial charge < -0.3 is 21.3 Å². The molecular weight excluding hydrogens is 356 g/mol. The van der Waals surface area contributed by atoms with Crippen LogP contribution in [0.4, 0.5) is 11.5 Å². The minimum atomic E-state index is -0.562. The molecule has 1 saturated heterocycles. The van der Waals surface area contributed by atoms with Crippen molar-refractivity contribution in [3.05, 3.63) is 48.4 Å². The second-order valence-corrected chi connectivity index (χ2v) is 6.84. The monoisotopic (exact) mass is 378 g/mol. The molecule has 0 unspecified atom stereocenters. The first-order valence-corrected chi connectivity index (χ1v) is 9.02. The van der Waals surface area contributed by atoms with E-state index >= 15 is 0 Å². The van der Waals surface area contributed by atoms with Crippen LogP contribution < -0.4 is 16.4 Å². The number of hydrogen-bond acceptors (Lipinski definition) is 7. The van der Waals surface area contributed by atoms with E-state index in [1.165, 1.54) is 22.8 Å². The number of nitrogens with two attached hydrogens (primary N) is 2. The highest BCUT2D eigenvalue weighted by atomic mass is 16.1. The lowest BCUT2D eigenvalue weighted by Gasteiger charge is -2.34. The average molecular weight is 378 g/mol. The van der Waals surface area contributed by atoms with E-state index in [1.54, 1.807) is 6.20 Å². The van der Waals surface area contributed by atoms with Crippen LogP contribution in [0.5, 0.6) is 0 Å². The molecule has 1 aliphatic heterocycles. The summed E-state index contributed by atoms with van der Waals surface area (Å²) in [5, 5.41) is 4.11. The van der Waals surface area contributed by atoms with Gasteiger partial charge in [0.15, 0.2) is 11.6 Å². The Balaban J connectivity index is 1.60. The van der Waals surface area contributed by atoms with Gasteiger partial charge in [-0.25, -0.2) is 14.6 Å². The molecule has 0 atom stereocenters. The summed E-state index contributed by atoms with van der Waals surface area (Å²) in [6, 6.07) is 8.24. The number of benzene rings is 1.